The first-order valence-corrected chi connectivity index (χ1v) is 7.29. The zero-order chi connectivity index (χ0) is 17.2. The molecule has 126 valence electrons. The summed E-state index contributed by atoms with van der Waals surface area (Å²) in [5.41, 5.74) is -1.20. The van der Waals surface area contributed by atoms with E-state index in [0.29, 0.717) is 18.9 Å². The van der Waals surface area contributed by atoms with Crippen LogP contribution in [0.15, 0.2) is 18.2 Å². The van der Waals surface area contributed by atoms with Gasteiger partial charge in [0.25, 0.3) is 0 Å². The van der Waals surface area contributed by atoms with Crippen molar-refractivity contribution in [3.05, 3.63) is 35.1 Å². The molecule has 1 aliphatic carbocycles. The van der Waals surface area contributed by atoms with Gasteiger partial charge in [0.2, 0.25) is 0 Å². The lowest BCUT2D eigenvalue weighted by atomic mass is 9.92. The fourth-order valence-electron chi connectivity index (χ4n) is 2.36. The van der Waals surface area contributed by atoms with Gasteiger partial charge in [0.15, 0.2) is 5.78 Å². The highest BCUT2D eigenvalue weighted by molar-refractivity contribution is 6.01. The van der Waals surface area contributed by atoms with Gasteiger partial charge in [-0.25, -0.2) is 4.39 Å². The Morgan fingerprint density at radius 1 is 1.26 bits per heavy atom. The maximum absolute atomic E-state index is 13.4. The van der Waals surface area contributed by atoms with Crippen LogP contribution in [-0.4, -0.2) is 18.4 Å². The van der Waals surface area contributed by atoms with Crippen molar-refractivity contribution < 1.29 is 31.9 Å². The first-order chi connectivity index (χ1) is 10.7. The summed E-state index contributed by atoms with van der Waals surface area (Å²) in [6, 6.07) is 2.04. The highest BCUT2D eigenvalue weighted by Crippen LogP contribution is 2.35. The molecule has 0 amide bonds. The molecule has 0 saturated heterocycles. The van der Waals surface area contributed by atoms with Crippen molar-refractivity contribution in [1.82, 2.24) is 0 Å². The van der Waals surface area contributed by atoms with E-state index in [1.165, 1.54) is 0 Å². The summed E-state index contributed by atoms with van der Waals surface area (Å²) in [7, 11) is 0. The van der Waals surface area contributed by atoms with E-state index >= 15 is 0 Å². The van der Waals surface area contributed by atoms with Crippen LogP contribution in [0.2, 0.25) is 0 Å². The molecule has 1 saturated carbocycles. The van der Waals surface area contributed by atoms with Crippen molar-refractivity contribution in [1.29, 1.82) is 0 Å². The second-order valence-corrected chi connectivity index (χ2v) is 5.53. The van der Waals surface area contributed by atoms with Crippen LogP contribution in [0, 0.1) is 17.7 Å². The van der Waals surface area contributed by atoms with Crippen LogP contribution in [-0.2, 0) is 26.9 Å². The van der Waals surface area contributed by atoms with Crippen LogP contribution in [0.5, 0.6) is 0 Å². The predicted molar refractivity (Wildman–Crippen MR) is 73.0 cm³/mol. The molecule has 3 nitrogen and oxygen atoms in total. The lowest BCUT2D eigenvalue weighted by Crippen LogP contribution is -2.29. The summed E-state index contributed by atoms with van der Waals surface area (Å²) >= 11 is 0. The highest BCUT2D eigenvalue weighted by Gasteiger charge is 2.39. The van der Waals surface area contributed by atoms with Gasteiger partial charge in [-0.05, 0) is 49.9 Å². The Balaban J connectivity index is 2.26. The van der Waals surface area contributed by atoms with E-state index in [2.05, 4.69) is 0 Å². The molecule has 1 aliphatic rings. The molecule has 0 aromatic heterocycles. The number of carbonyl (C=O) groups excluding carboxylic acids is 2. The standard InChI is InChI=1S/C16H16F4O3/c1-2-23-15(22)13(14(21)10-3-4-10)7-9-5-11(16(18,19)20)8-12(17)6-9/h5-6,8,10,13H,2-4,7H2,1H3. The summed E-state index contributed by atoms with van der Waals surface area (Å²) < 4.78 is 56.5. The molecule has 1 aromatic rings. The van der Waals surface area contributed by atoms with Gasteiger partial charge in [-0.15, -0.1) is 0 Å². The predicted octanol–water partition coefficient (Wildman–Crippen LogP) is 3.55. The molecule has 1 unspecified atom stereocenters. The Morgan fingerprint density at radius 3 is 2.43 bits per heavy atom. The van der Waals surface area contributed by atoms with E-state index in [4.69, 9.17) is 4.74 Å². The number of hydrogen-bond donors (Lipinski definition) is 0. The number of ketones is 1. The molecular weight excluding hydrogens is 316 g/mol. The Labute approximate surface area is 130 Å². The van der Waals surface area contributed by atoms with Crippen molar-refractivity contribution in [2.45, 2.75) is 32.4 Å². The molecule has 0 N–H and O–H groups in total. The zero-order valence-corrected chi connectivity index (χ0v) is 12.5. The first kappa shape index (κ1) is 17.4. The number of hydrogen-bond acceptors (Lipinski definition) is 3. The third kappa shape index (κ3) is 4.53. The molecule has 23 heavy (non-hydrogen) atoms. The number of carbonyl (C=O) groups is 2. The van der Waals surface area contributed by atoms with E-state index in [1.807, 2.05) is 0 Å². The largest absolute Gasteiger partial charge is 0.465 e. The van der Waals surface area contributed by atoms with Crippen molar-refractivity contribution in [2.24, 2.45) is 11.8 Å². The number of halogens is 4. The maximum atomic E-state index is 13.4. The minimum atomic E-state index is -4.70. The van der Waals surface area contributed by atoms with Gasteiger partial charge in [-0.3, -0.25) is 9.59 Å². The number of alkyl halides is 3. The van der Waals surface area contributed by atoms with Crippen molar-refractivity contribution in [2.75, 3.05) is 6.61 Å². The number of rotatable bonds is 6. The van der Waals surface area contributed by atoms with E-state index in [0.717, 1.165) is 12.1 Å². The van der Waals surface area contributed by atoms with Crippen molar-refractivity contribution in [3.8, 4) is 0 Å². The lowest BCUT2D eigenvalue weighted by Gasteiger charge is -2.16. The van der Waals surface area contributed by atoms with Gasteiger partial charge in [0.05, 0.1) is 12.2 Å². The van der Waals surface area contributed by atoms with E-state index in [1.54, 1.807) is 6.92 Å². The van der Waals surface area contributed by atoms with Gasteiger partial charge < -0.3 is 4.74 Å². The molecule has 7 heteroatoms. The van der Waals surface area contributed by atoms with Gasteiger partial charge in [0, 0.05) is 5.92 Å². The van der Waals surface area contributed by atoms with Crippen LogP contribution < -0.4 is 0 Å². The Kier molecular flexibility index (Phi) is 5.06. The van der Waals surface area contributed by atoms with Crippen LogP contribution in [0.4, 0.5) is 17.6 Å². The minimum Gasteiger partial charge on any atom is -0.465 e. The second kappa shape index (κ2) is 6.68. The molecule has 0 spiro atoms. The molecule has 1 fully saturated rings. The Bertz CT molecular complexity index is 606. The van der Waals surface area contributed by atoms with Gasteiger partial charge in [-0.2, -0.15) is 13.2 Å². The minimum absolute atomic E-state index is 0.0515. The zero-order valence-electron chi connectivity index (χ0n) is 12.5. The molecule has 1 aromatic carbocycles. The molecule has 2 rings (SSSR count). The summed E-state index contributed by atoms with van der Waals surface area (Å²) in [5.74, 6) is -3.62. The van der Waals surface area contributed by atoms with Crippen LogP contribution >= 0.6 is 0 Å². The summed E-state index contributed by atoms with van der Waals surface area (Å²) in [4.78, 5) is 24.1. The second-order valence-electron chi connectivity index (χ2n) is 5.53. The van der Waals surface area contributed by atoms with Crippen LogP contribution in [0.1, 0.15) is 30.9 Å². The Morgan fingerprint density at radius 2 is 1.91 bits per heavy atom. The van der Waals surface area contributed by atoms with Crippen LogP contribution in [0.25, 0.3) is 0 Å². The van der Waals surface area contributed by atoms with Crippen molar-refractivity contribution in [3.63, 3.8) is 0 Å². The summed E-state index contributed by atoms with van der Waals surface area (Å²) in [6.07, 6.45) is -3.68. The molecule has 1 atom stereocenters. The van der Waals surface area contributed by atoms with Gasteiger partial charge >= 0.3 is 12.1 Å². The maximum Gasteiger partial charge on any atom is 0.416 e. The van der Waals surface area contributed by atoms with E-state index in [9.17, 15) is 27.2 Å². The number of esters is 1. The van der Waals surface area contributed by atoms with Gasteiger partial charge in [0.1, 0.15) is 11.7 Å². The highest BCUT2D eigenvalue weighted by atomic mass is 19.4. The van der Waals surface area contributed by atoms with E-state index < -0.39 is 29.4 Å². The summed E-state index contributed by atoms with van der Waals surface area (Å²) in [5, 5.41) is 0. The van der Waals surface area contributed by atoms with E-state index in [-0.39, 0.29) is 30.3 Å². The van der Waals surface area contributed by atoms with Crippen LogP contribution in [0.3, 0.4) is 0 Å². The molecular formula is C16H16F4O3. The average molecular weight is 332 g/mol. The fraction of sp³-hybridized carbons (Fsp3) is 0.500. The molecule has 0 bridgehead atoms. The normalized spacial score (nSPS) is 16.0. The first-order valence-electron chi connectivity index (χ1n) is 7.29. The number of Topliss-reactive ketones (excluding diaryl/α,β-unsaturated/α-hetero) is 1. The SMILES string of the molecule is CCOC(=O)C(Cc1cc(F)cc(C(F)(F)F)c1)C(=O)C1CC1. The fourth-order valence-corrected chi connectivity index (χ4v) is 2.36. The van der Waals surface area contributed by atoms with Crippen molar-refractivity contribution >= 4 is 11.8 Å². The topological polar surface area (TPSA) is 43.4 Å². The smallest absolute Gasteiger partial charge is 0.416 e. The van der Waals surface area contributed by atoms with Gasteiger partial charge in [-0.1, -0.05) is 0 Å². The molecule has 0 heterocycles. The molecule has 0 aliphatic heterocycles. The third-order valence-electron chi connectivity index (χ3n) is 3.62. The average Bonchev–Trinajstić information content (AvgIpc) is 3.27. The molecule has 0 radical (unpaired) electrons. The Hall–Kier alpha value is -1.92. The monoisotopic (exact) mass is 332 g/mol. The number of benzene rings is 1. The third-order valence-corrected chi connectivity index (χ3v) is 3.62. The lowest BCUT2D eigenvalue weighted by molar-refractivity contribution is -0.151. The quantitative estimate of drug-likeness (QED) is 0.455. The summed E-state index contributed by atoms with van der Waals surface area (Å²) in [6.45, 7) is 1.63. The number of ether oxygens (including phenoxy) is 1.